The molecular weight excluding hydrogens is 252 g/mol. The van der Waals surface area contributed by atoms with Crippen LogP contribution < -0.4 is 0 Å². The van der Waals surface area contributed by atoms with E-state index in [4.69, 9.17) is 5.11 Å². The zero-order valence-electron chi connectivity index (χ0n) is 12.5. The van der Waals surface area contributed by atoms with E-state index < -0.39 is 5.97 Å². The minimum atomic E-state index is -0.735. The van der Waals surface area contributed by atoms with Gasteiger partial charge in [-0.3, -0.25) is 4.79 Å². The molecule has 0 aromatic heterocycles. The third-order valence-corrected chi connectivity index (χ3v) is 2.88. The maximum atomic E-state index is 10.3. The molecule has 0 saturated heterocycles. The lowest BCUT2D eigenvalue weighted by Gasteiger charge is -2.02. The predicted octanol–water partition coefficient (Wildman–Crippen LogP) is 4.24. The van der Waals surface area contributed by atoms with Crippen molar-refractivity contribution in [1.82, 2.24) is 0 Å². The molecule has 0 bridgehead atoms. The van der Waals surface area contributed by atoms with Crippen LogP contribution in [0.15, 0.2) is 36.5 Å². The lowest BCUT2D eigenvalue weighted by Crippen LogP contribution is -2.00. The summed E-state index contributed by atoms with van der Waals surface area (Å²) >= 11 is 0. The highest BCUT2D eigenvalue weighted by Gasteiger charge is 1.96. The lowest BCUT2D eigenvalue weighted by molar-refractivity contribution is -0.137. The number of aliphatic hydroxyl groups excluding tert-OH is 1. The van der Waals surface area contributed by atoms with Crippen molar-refractivity contribution in [3.05, 3.63) is 36.5 Å². The van der Waals surface area contributed by atoms with Gasteiger partial charge in [-0.25, -0.2) is 0 Å². The van der Waals surface area contributed by atoms with Gasteiger partial charge in [0.1, 0.15) is 0 Å². The SMILES string of the molecule is CCCCCC(O)C=CC=CCC=CCCCC(=O)O. The minimum Gasteiger partial charge on any atom is -0.481 e. The van der Waals surface area contributed by atoms with Gasteiger partial charge >= 0.3 is 5.97 Å². The van der Waals surface area contributed by atoms with Crippen LogP contribution >= 0.6 is 0 Å². The number of unbranched alkanes of at least 4 members (excludes halogenated alkanes) is 3. The molecule has 0 radical (unpaired) electrons. The van der Waals surface area contributed by atoms with E-state index in [1.165, 1.54) is 12.8 Å². The number of carboxylic acid groups (broad SMARTS) is 1. The Bertz CT molecular complexity index is 316. The third-order valence-electron chi connectivity index (χ3n) is 2.88. The van der Waals surface area contributed by atoms with Crippen LogP contribution in [0.1, 0.15) is 58.3 Å². The number of hydrogen-bond donors (Lipinski definition) is 2. The van der Waals surface area contributed by atoms with Crippen LogP contribution in [0.3, 0.4) is 0 Å². The highest BCUT2D eigenvalue weighted by Crippen LogP contribution is 2.04. The van der Waals surface area contributed by atoms with Crippen molar-refractivity contribution in [2.75, 3.05) is 0 Å². The first-order valence-electron chi connectivity index (χ1n) is 7.55. The second-order valence-corrected chi connectivity index (χ2v) is 4.87. The Kier molecular flexibility index (Phi) is 13.1. The van der Waals surface area contributed by atoms with Gasteiger partial charge in [0.05, 0.1) is 6.10 Å². The van der Waals surface area contributed by atoms with E-state index in [1.54, 1.807) is 0 Å². The molecule has 0 fully saturated rings. The molecule has 0 rings (SSSR count). The van der Waals surface area contributed by atoms with Crippen LogP contribution in [0.25, 0.3) is 0 Å². The molecule has 0 aromatic carbocycles. The summed E-state index contributed by atoms with van der Waals surface area (Å²) in [5, 5.41) is 18.1. The van der Waals surface area contributed by atoms with Crippen molar-refractivity contribution in [1.29, 1.82) is 0 Å². The van der Waals surface area contributed by atoms with Crippen molar-refractivity contribution >= 4 is 5.97 Å². The first-order valence-corrected chi connectivity index (χ1v) is 7.55. The summed E-state index contributed by atoms with van der Waals surface area (Å²) < 4.78 is 0. The zero-order chi connectivity index (χ0) is 15.1. The molecule has 114 valence electrons. The predicted molar refractivity (Wildman–Crippen MR) is 83.7 cm³/mol. The average Bonchev–Trinajstić information content (AvgIpc) is 2.41. The summed E-state index contributed by atoms with van der Waals surface area (Å²) in [6, 6.07) is 0. The Labute approximate surface area is 122 Å². The molecule has 3 nitrogen and oxygen atoms in total. The summed E-state index contributed by atoms with van der Waals surface area (Å²) in [7, 11) is 0. The van der Waals surface area contributed by atoms with Gasteiger partial charge in [-0.1, -0.05) is 62.6 Å². The molecular formula is C17H28O3. The van der Waals surface area contributed by atoms with Crippen molar-refractivity contribution in [3.8, 4) is 0 Å². The van der Waals surface area contributed by atoms with E-state index in [9.17, 15) is 9.90 Å². The van der Waals surface area contributed by atoms with Crippen LogP contribution in [0.4, 0.5) is 0 Å². The van der Waals surface area contributed by atoms with Crippen LogP contribution in [-0.4, -0.2) is 22.3 Å². The van der Waals surface area contributed by atoms with Gasteiger partial charge in [-0.05, 0) is 25.7 Å². The van der Waals surface area contributed by atoms with Crippen molar-refractivity contribution < 1.29 is 15.0 Å². The molecule has 0 aliphatic rings. The molecule has 0 aromatic rings. The maximum Gasteiger partial charge on any atom is 0.303 e. The standard InChI is InChI=1S/C17H28O3/c1-2-3-10-13-16(18)14-11-8-6-4-5-7-9-12-15-17(19)20/h5-8,11,14,16,18H,2-4,9-10,12-13,15H2,1H3,(H,19,20). The van der Waals surface area contributed by atoms with E-state index in [1.807, 2.05) is 36.5 Å². The fraction of sp³-hybridized carbons (Fsp3) is 0.588. The van der Waals surface area contributed by atoms with Gasteiger partial charge in [-0.15, -0.1) is 0 Å². The van der Waals surface area contributed by atoms with E-state index >= 15 is 0 Å². The topological polar surface area (TPSA) is 57.5 Å². The molecule has 2 N–H and O–H groups in total. The number of carbonyl (C=O) groups is 1. The van der Waals surface area contributed by atoms with Crippen molar-refractivity contribution in [2.24, 2.45) is 0 Å². The molecule has 20 heavy (non-hydrogen) atoms. The van der Waals surface area contributed by atoms with Gasteiger partial charge in [0.15, 0.2) is 0 Å². The molecule has 0 saturated carbocycles. The highest BCUT2D eigenvalue weighted by molar-refractivity contribution is 5.66. The van der Waals surface area contributed by atoms with Crippen LogP contribution in [0.2, 0.25) is 0 Å². The summed E-state index contributed by atoms with van der Waals surface area (Å²) in [5.41, 5.74) is 0. The smallest absolute Gasteiger partial charge is 0.303 e. The Morgan fingerprint density at radius 1 is 1.10 bits per heavy atom. The number of carboxylic acids is 1. The van der Waals surface area contributed by atoms with Crippen molar-refractivity contribution in [3.63, 3.8) is 0 Å². The normalized spacial score (nSPS) is 13.7. The molecule has 1 unspecified atom stereocenters. The third kappa shape index (κ3) is 14.7. The molecule has 1 atom stereocenters. The number of allylic oxidation sites excluding steroid dienone is 5. The number of rotatable bonds is 12. The Morgan fingerprint density at radius 2 is 1.90 bits per heavy atom. The van der Waals surface area contributed by atoms with E-state index in [0.717, 1.165) is 25.7 Å². The Morgan fingerprint density at radius 3 is 2.60 bits per heavy atom. The van der Waals surface area contributed by atoms with Crippen LogP contribution in [-0.2, 0) is 4.79 Å². The Hall–Kier alpha value is -1.35. The van der Waals surface area contributed by atoms with Gasteiger partial charge < -0.3 is 10.2 Å². The van der Waals surface area contributed by atoms with Crippen molar-refractivity contribution in [2.45, 2.75) is 64.4 Å². The molecule has 0 spiro atoms. The van der Waals surface area contributed by atoms with Gasteiger partial charge in [0.25, 0.3) is 0 Å². The number of hydrogen-bond acceptors (Lipinski definition) is 2. The van der Waals surface area contributed by atoms with Crippen LogP contribution in [0, 0.1) is 0 Å². The van der Waals surface area contributed by atoms with Gasteiger partial charge in [0, 0.05) is 6.42 Å². The molecule has 0 aliphatic carbocycles. The summed E-state index contributed by atoms with van der Waals surface area (Å²) in [4.78, 5) is 10.3. The van der Waals surface area contributed by atoms with Crippen LogP contribution in [0.5, 0.6) is 0 Å². The summed E-state index contributed by atoms with van der Waals surface area (Å²) in [6.45, 7) is 2.15. The van der Waals surface area contributed by atoms with Gasteiger partial charge in [-0.2, -0.15) is 0 Å². The first kappa shape index (κ1) is 18.7. The van der Waals surface area contributed by atoms with E-state index in [2.05, 4.69) is 6.92 Å². The fourth-order valence-electron chi connectivity index (χ4n) is 1.71. The van der Waals surface area contributed by atoms with Gasteiger partial charge in [0.2, 0.25) is 0 Å². The quantitative estimate of drug-likeness (QED) is 0.319. The molecule has 0 heterocycles. The number of aliphatic hydroxyl groups is 1. The average molecular weight is 280 g/mol. The fourth-order valence-corrected chi connectivity index (χ4v) is 1.71. The monoisotopic (exact) mass is 280 g/mol. The highest BCUT2D eigenvalue weighted by atomic mass is 16.4. The lowest BCUT2D eigenvalue weighted by atomic mass is 10.1. The van der Waals surface area contributed by atoms with E-state index in [-0.39, 0.29) is 12.5 Å². The zero-order valence-corrected chi connectivity index (χ0v) is 12.5. The largest absolute Gasteiger partial charge is 0.481 e. The first-order chi connectivity index (χ1) is 9.66. The summed E-state index contributed by atoms with van der Waals surface area (Å²) in [6.07, 6.45) is 18.2. The molecule has 0 amide bonds. The molecule has 0 aliphatic heterocycles. The Balaban J connectivity index is 3.54. The minimum absolute atomic E-state index is 0.235. The second kappa shape index (κ2) is 14.1. The second-order valence-electron chi connectivity index (χ2n) is 4.87. The molecule has 3 heteroatoms. The van der Waals surface area contributed by atoms with E-state index in [0.29, 0.717) is 6.42 Å². The number of aliphatic carboxylic acids is 1. The maximum absolute atomic E-state index is 10.3. The summed E-state index contributed by atoms with van der Waals surface area (Å²) in [5.74, 6) is -0.735.